The second kappa shape index (κ2) is 6.06. The molecule has 0 aliphatic carbocycles. The molecule has 1 aromatic rings. The minimum atomic E-state index is -0.387. The number of non-ortho nitro benzene ring substituents is 1. The molecule has 0 bridgehead atoms. The van der Waals surface area contributed by atoms with Crippen molar-refractivity contribution in [3.8, 4) is 0 Å². The van der Waals surface area contributed by atoms with Gasteiger partial charge in [0.1, 0.15) is 12.2 Å². The summed E-state index contributed by atoms with van der Waals surface area (Å²) < 4.78 is 10.8. The molecule has 1 aliphatic rings. The maximum absolute atomic E-state index is 11.0. The number of nitrogens with one attached hydrogen (secondary N) is 1. The van der Waals surface area contributed by atoms with E-state index in [1.807, 2.05) is 11.0 Å². The van der Waals surface area contributed by atoms with Gasteiger partial charge < -0.3 is 19.7 Å². The topological polar surface area (TPSA) is 76.9 Å². The third-order valence-electron chi connectivity index (χ3n) is 3.59. The molecule has 110 valence electrons. The minimum absolute atomic E-state index is 0.0303. The summed E-state index contributed by atoms with van der Waals surface area (Å²) >= 11 is 0. The van der Waals surface area contributed by atoms with Crippen LogP contribution in [0.15, 0.2) is 18.2 Å². The van der Waals surface area contributed by atoms with Crippen molar-refractivity contribution >= 4 is 17.1 Å². The smallest absolute Gasteiger partial charge is 0.273 e. The molecule has 0 saturated carbocycles. The minimum Gasteiger partial charge on any atom is -0.388 e. The maximum Gasteiger partial charge on any atom is 0.273 e. The molecule has 1 aromatic carbocycles. The van der Waals surface area contributed by atoms with Crippen molar-refractivity contribution in [3.63, 3.8) is 0 Å². The van der Waals surface area contributed by atoms with Crippen LogP contribution in [0.25, 0.3) is 0 Å². The Kier molecular flexibility index (Phi) is 4.41. The fourth-order valence-corrected chi connectivity index (χ4v) is 2.44. The summed E-state index contributed by atoms with van der Waals surface area (Å²) in [5, 5.41) is 13.9. The van der Waals surface area contributed by atoms with Crippen LogP contribution in [0, 0.1) is 10.1 Å². The Morgan fingerprint density at radius 1 is 1.25 bits per heavy atom. The molecule has 1 saturated heterocycles. The van der Waals surface area contributed by atoms with Gasteiger partial charge in [0, 0.05) is 57.9 Å². The zero-order valence-corrected chi connectivity index (χ0v) is 11.8. The lowest BCUT2D eigenvalue weighted by molar-refractivity contribution is -0.384. The Morgan fingerprint density at radius 2 is 1.85 bits per heavy atom. The molecule has 0 amide bonds. The third-order valence-corrected chi connectivity index (χ3v) is 3.59. The lowest BCUT2D eigenvalue weighted by atomic mass is 10.2. The number of nitro benzene ring substituents is 1. The number of anilines is 2. The van der Waals surface area contributed by atoms with Gasteiger partial charge in [-0.3, -0.25) is 10.1 Å². The van der Waals surface area contributed by atoms with Gasteiger partial charge in [-0.1, -0.05) is 0 Å². The van der Waals surface area contributed by atoms with Gasteiger partial charge in [-0.25, -0.2) is 0 Å². The van der Waals surface area contributed by atoms with Crippen LogP contribution < -0.4 is 10.2 Å². The Labute approximate surface area is 117 Å². The second-order valence-electron chi connectivity index (χ2n) is 4.70. The van der Waals surface area contributed by atoms with Crippen molar-refractivity contribution in [2.24, 2.45) is 0 Å². The number of rotatable bonds is 5. The Morgan fingerprint density at radius 3 is 2.30 bits per heavy atom. The van der Waals surface area contributed by atoms with E-state index in [4.69, 9.17) is 9.47 Å². The zero-order chi connectivity index (χ0) is 14.7. The normalized spacial score (nSPS) is 22.1. The van der Waals surface area contributed by atoms with Crippen LogP contribution >= 0.6 is 0 Å². The number of hydrogen-bond donors (Lipinski definition) is 1. The summed E-state index contributed by atoms with van der Waals surface area (Å²) in [6, 6.07) is 4.98. The molecule has 1 heterocycles. The van der Waals surface area contributed by atoms with Crippen LogP contribution in [-0.2, 0) is 9.47 Å². The summed E-state index contributed by atoms with van der Waals surface area (Å²) in [5.74, 6) is 0. The average molecular weight is 281 g/mol. The highest BCUT2D eigenvalue weighted by molar-refractivity contribution is 5.65. The van der Waals surface area contributed by atoms with Crippen molar-refractivity contribution < 1.29 is 14.4 Å². The third kappa shape index (κ3) is 2.83. The highest BCUT2D eigenvalue weighted by Gasteiger charge is 2.33. The molecule has 7 heteroatoms. The number of ether oxygens (including phenoxy) is 2. The Bertz CT molecular complexity index is 483. The first-order chi connectivity index (χ1) is 9.58. The van der Waals surface area contributed by atoms with Crippen LogP contribution in [0.1, 0.15) is 0 Å². The molecule has 2 rings (SSSR count). The van der Waals surface area contributed by atoms with Gasteiger partial charge in [0.05, 0.1) is 4.92 Å². The number of benzene rings is 1. The van der Waals surface area contributed by atoms with Crippen molar-refractivity contribution in [1.82, 2.24) is 0 Å². The highest BCUT2D eigenvalue weighted by atomic mass is 16.6. The lowest BCUT2D eigenvalue weighted by Gasteiger charge is -2.18. The van der Waals surface area contributed by atoms with E-state index in [0.717, 1.165) is 5.69 Å². The number of nitro groups is 1. The predicted octanol–water partition coefficient (Wildman–Crippen LogP) is 1.49. The first-order valence-electron chi connectivity index (χ1n) is 6.36. The summed E-state index contributed by atoms with van der Waals surface area (Å²) in [6.45, 7) is 1.30. The Hall–Kier alpha value is -1.86. The monoisotopic (exact) mass is 281 g/mol. The molecule has 1 N–H and O–H groups in total. The van der Waals surface area contributed by atoms with E-state index < -0.39 is 0 Å². The van der Waals surface area contributed by atoms with Crippen molar-refractivity contribution in [1.29, 1.82) is 0 Å². The second-order valence-corrected chi connectivity index (χ2v) is 4.70. The van der Waals surface area contributed by atoms with Gasteiger partial charge in [-0.05, 0) is 6.07 Å². The van der Waals surface area contributed by atoms with Crippen molar-refractivity contribution in [2.75, 3.05) is 44.6 Å². The summed E-state index contributed by atoms with van der Waals surface area (Å²) in [6.07, 6.45) is -0.0606. The van der Waals surface area contributed by atoms with E-state index in [0.29, 0.717) is 18.8 Å². The van der Waals surface area contributed by atoms with Crippen LogP contribution in [0.2, 0.25) is 0 Å². The molecule has 0 aromatic heterocycles. The fraction of sp³-hybridized carbons (Fsp3) is 0.538. The number of hydrogen-bond acceptors (Lipinski definition) is 6. The van der Waals surface area contributed by atoms with Gasteiger partial charge >= 0.3 is 0 Å². The molecule has 0 radical (unpaired) electrons. The molecular formula is C13H19N3O4. The van der Waals surface area contributed by atoms with Crippen LogP contribution in [-0.4, -0.2) is 51.5 Å². The molecule has 2 atom stereocenters. The van der Waals surface area contributed by atoms with Crippen molar-refractivity contribution in [3.05, 3.63) is 28.3 Å². The lowest BCUT2D eigenvalue weighted by Crippen LogP contribution is -2.27. The van der Waals surface area contributed by atoms with Gasteiger partial charge in [0.25, 0.3) is 5.69 Å². The molecule has 1 aliphatic heterocycles. The summed E-state index contributed by atoms with van der Waals surface area (Å²) in [7, 11) is 5.03. The summed E-state index contributed by atoms with van der Waals surface area (Å²) in [4.78, 5) is 12.6. The molecule has 7 nitrogen and oxygen atoms in total. The Balaban J connectivity index is 2.28. The van der Waals surface area contributed by atoms with E-state index in [9.17, 15) is 10.1 Å². The molecule has 0 spiro atoms. The van der Waals surface area contributed by atoms with Crippen molar-refractivity contribution in [2.45, 2.75) is 12.2 Å². The number of nitrogens with zero attached hydrogens (tertiary/aromatic N) is 2. The van der Waals surface area contributed by atoms with Gasteiger partial charge in [-0.2, -0.15) is 0 Å². The highest BCUT2D eigenvalue weighted by Crippen LogP contribution is 2.30. The molecule has 1 fully saturated rings. The van der Waals surface area contributed by atoms with E-state index in [2.05, 4.69) is 5.32 Å². The number of methoxy groups -OCH3 is 2. The van der Waals surface area contributed by atoms with E-state index in [1.165, 1.54) is 6.07 Å². The first kappa shape index (κ1) is 14.5. The quantitative estimate of drug-likeness (QED) is 0.651. The summed E-state index contributed by atoms with van der Waals surface area (Å²) in [5.41, 5.74) is 1.58. The maximum atomic E-state index is 11.0. The average Bonchev–Trinajstić information content (AvgIpc) is 2.89. The molecular weight excluding hydrogens is 262 g/mol. The predicted molar refractivity (Wildman–Crippen MR) is 76.5 cm³/mol. The van der Waals surface area contributed by atoms with Crippen LogP contribution in [0.5, 0.6) is 0 Å². The SMILES string of the molecule is CNc1cc(N2CC(OC)C(OC)C2)cc([N+](=O)[O-])c1. The largest absolute Gasteiger partial charge is 0.388 e. The fourth-order valence-electron chi connectivity index (χ4n) is 2.44. The first-order valence-corrected chi connectivity index (χ1v) is 6.36. The van der Waals surface area contributed by atoms with Gasteiger partial charge in [0.2, 0.25) is 0 Å². The zero-order valence-electron chi connectivity index (χ0n) is 11.8. The standard InChI is InChI=1S/C13H19N3O4/c1-14-9-4-10(6-11(5-9)16(17)18)15-7-12(19-2)13(8-15)20-3/h4-6,12-14H,7-8H2,1-3H3. The van der Waals surface area contributed by atoms with E-state index in [-0.39, 0.29) is 22.8 Å². The molecule has 20 heavy (non-hydrogen) atoms. The van der Waals surface area contributed by atoms with E-state index in [1.54, 1.807) is 27.3 Å². The van der Waals surface area contributed by atoms with Gasteiger partial charge in [-0.15, -0.1) is 0 Å². The van der Waals surface area contributed by atoms with E-state index >= 15 is 0 Å². The van der Waals surface area contributed by atoms with Crippen LogP contribution in [0.4, 0.5) is 17.1 Å². The molecule has 2 unspecified atom stereocenters. The van der Waals surface area contributed by atoms with Gasteiger partial charge in [0.15, 0.2) is 0 Å². The van der Waals surface area contributed by atoms with Crippen LogP contribution in [0.3, 0.4) is 0 Å².